The second kappa shape index (κ2) is 8.75. The van der Waals surface area contributed by atoms with Gasteiger partial charge in [0.1, 0.15) is 0 Å². The normalized spacial score (nSPS) is 14.9. The summed E-state index contributed by atoms with van der Waals surface area (Å²) >= 11 is 5.63. The Morgan fingerprint density at radius 2 is 1.83 bits per heavy atom. The van der Waals surface area contributed by atoms with Crippen LogP contribution >= 0.6 is 12.2 Å². The highest BCUT2D eigenvalue weighted by molar-refractivity contribution is 7.80. The highest BCUT2D eigenvalue weighted by Crippen LogP contribution is 2.13. The largest absolute Gasteiger partial charge is 0.346 e. The van der Waals surface area contributed by atoms with Crippen molar-refractivity contribution in [2.75, 3.05) is 31.5 Å². The zero-order valence-corrected chi connectivity index (χ0v) is 17.8. The number of benzene rings is 1. The number of anilines is 1. The first-order valence-electron chi connectivity index (χ1n) is 9.90. The molecule has 3 heterocycles. The molecule has 1 saturated heterocycles. The molecule has 29 heavy (non-hydrogen) atoms. The zero-order valence-electron chi connectivity index (χ0n) is 17.0. The van der Waals surface area contributed by atoms with Crippen LogP contribution < -0.4 is 5.32 Å². The van der Waals surface area contributed by atoms with Gasteiger partial charge in [0.25, 0.3) is 0 Å². The van der Waals surface area contributed by atoms with Crippen molar-refractivity contribution in [2.24, 2.45) is 7.05 Å². The lowest BCUT2D eigenvalue weighted by atomic mass is 10.2. The van der Waals surface area contributed by atoms with Gasteiger partial charge in [0.05, 0.1) is 24.1 Å². The van der Waals surface area contributed by atoms with Gasteiger partial charge in [-0.05, 0) is 24.7 Å². The topological polar surface area (TPSA) is 54.2 Å². The quantitative estimate of drug-likeness (QED) is 0.654. The number of piperazine rings is 1. The highest BCUT2D eigenvalue weighted by Gasteiger charge is 2.20. The summed E-state index contributed by atoms with van der Waals surface area (Å²) < 4.78 is 3.81. The van der Waals surface area contributed by atoms with E-state index in [1.165, 1.54) is 11.1 Å². The molecule has 0 amide bonds. The SMILES string of the molecule is Cc1nn(C)cc1CN1CCN(C(=S)Nc2cnn(Cc3ccccc3)c2)CC1. The number of aryl methyl sites for hydroxylation is 2. The van der Waals surface area contributed by atoms with Gasteiger partial charge in [0.15, 0.2) is 5.11 Å². The van der Waals surface area contributed by atoms with Gasteiger partial charge in [-0.1, -0.05) is 30.3 Å². The first-order valence-corrected chi connectivity index (χ1v) is 10.3. The van der Waals surface area contributed by atoms with Gasteiger partial charge in [-0.15, -0.1) is 0 Å². The minimum absolute atomic E-state index is 0.752. The van der Waals surface area contributed by atoms with Gasteiger partial charge in [-0.3, -0.25) is 14.3 Å². The van der Waals surface area contributed by atoms with Crippen molar-refractivity contribution in [1.82, 2.24) is 29.4 Å². The van der Waals surface area contributed by atoms with Crippen LogP contribution in [0.3, 0.4) is 0 Å². The zero-order chi connectivity index (χ0) is 20.2. The highest BCUT2D eigenvalue weighted by atomic mass is 32.1. The molecule has 152 valence electrons. The Morgan fingerprint density at radius 3 is 2.52 bits per heavy atom. The average Bonchev–Trinajstić information content (AvgIpc) is 3.28. The molecule has 0 atom stereocenters. The molecule has 4 rings (SSSR count). The van der Waals surface area contributed by atoms with Crippen molar-refractivity contribution in [3.8, 4) is 0 Å². The molecule has 0 saturated carbocycles. The van der Waals surface area contributed by atoms with Gasteiger partial charge in [-0.25, -0.2) is 0 Å². The number of thiocarbonyl (C=S) groups is 1. The molecule has 8 heteroatoms. The molecule has 7 nitrogen and oxygen atoms in total. The van der Waals surface area contributed by atoms with Crippen molar-refractivity contribution in [3.05, 3.63) is 65.7 Å². The standard InChI is InChI=1S/C21H27N7S/c1-17-19(14-25(2)24-17)15-26-8-10-27(11-9-26)21(29)23-20-12-22-28(16-20)13-18-6-4-3-5-7-18/h3-7,12,14,16H,8-11,13,15H2,1-2H3,(H,23,29). The molecule has 0 unspecified atom stereocenters. The van der Waals surface area contributed by atoms with Gasteiger partial charge < -0.3 is 10.2 Å². The average molecular weight is 410 g/mol. The van der Waals surface area contributed by atoms with Crippen molar-refractivity contribution < 1.29 is 0 Å². The van der Waals surface area contributed by atoms with E-state index in [2.05, 4.69) is 50.6 Å². The van der Waals surface area contributed by atoms with Crippen LogP contribution in [0.2, 0.25) is 0 Å². The molecule has 2 aromatic heterocycles. The monoisotopic (exact) mass is 409 g/mol. The molecule has 3 aromatic rings. The predicted octanol–water partition coefficient (Wildman–Crippen LogP) is 2.49. The Bertz CT molecular complexity index is 955. The maximum absolute atomic E-state index is 5.63. The maximum atomic E-state index is 5.63. The lowest BCUT2D eigenvalue weighted by Crippen LogP contribution is -2.49. The molecule has 0 aliphatic carbocycles. The fourth-order valence-electron chi connectivity index (χ4n) is 3.64. The third-order valence-electron chi connectivity index (χ3n) is 5.24. The lowest BCUT2D eigenvalue weighted by Gasteiger charge is -2.36. The van der Waals surface area contributed by atoms with E-state index in [-0.39, 0.29) is 0 Å². The van der Waals surface area contributed by atoms with E-state index < -0.39 is 0 Å². The number of rotatable bonds is 5. The fraction of sp³-hybridized carbons (Fsp3) is 0.381. The molecular formula is C21H27N7S. The first-order chi connectivity index (χ1) is 14.1. The summed E-state index contributed by atoms with van der Waals surface area (Å²) in [4.78, 5) is 4.69. The minimum atomic E-state index is 0.752. The minimum Gasteiger partial charge on any atom is -0.346 e. The fourth-order valence-corrected chi connectivity index (χ4v) is 3.94. The summed E-state index contributed by atoms with van der Waals surface area (Å²) in [6, 6.07) is 10.3. The molecule has 1 aliphatic heterocycles. The maximum Gasteiger partial charge on any atom is 0.173 e. The van der Waals surface area contributed by atoms with Crippen molar-refractivity contribution in [1.29, 1.82) is 0 Å². The Labute approximate surface area is 176 Å². The summed E-state index contributed by atoms with van der Waals surface area (Å²) in [5.74, 6) is 0. The predicted molar refractivity (Wildman–Crippen MR) is 119 cm³/mol. The van der Waals surface area contributed by atoms with Crippen LogP contribution in [-0.4, -0.2) is 60.7 Å². The second-order valence-electron chi connectivity index (χ2n) is 7.52. The summed E-state index contributed by atoms with van der Waals surface area (Å²) in [6.07, 6.45) is 5.94. The summed E-state index contributed by atoms with van der Waals surface area (Å²) in [6.45, 7) is 7.59. The summed E-state index contributed by atoms with van der Waals surface area (Å²) in [5.41, 5.74) is 4.57. The molecular weight excluding hydrogens is 382 g/mol. The van der Waals surface area contributed by atoms with E-state index in [0.717, 1.165) is 55.8 Å². The number of hydrogen-bond acceptors (Lipinski definition) is 4. The molecule has 0 spiro atoms. The summed E-state index contributed by atoms with van der Waals surface area (Å²) in [5, 5.41) is 13.0. The van der Waals surface area contributed by atoms with E-state index in [1.54, 1.807) is 0 Å². The van der Waals surface area contributed by atoms with E-state index in [0.29, 0.717) is 0 Å². The number of hydrogen-bond donors (Lipinski definition) is 1. The Balaban J connectivity index is 1.26. The van der Waals surface area contributed by atoms with Crippen LogP contribution in [0, 0.1) is 6.92 Å². The Morgan fingerprint density at radius 1 is 1.07 bits per heavy atom. The van der Waals surface area contributed by atoms with Gasteiger partial charge in [0, 0.05) is 57.7 Å². The van der Waals surface area contributed by atoms with Gasteiger partial charge in [-0.2, -0.15) is 10.2 Å². The van der Waals surface area contributed by atoms with Crippen molar-refractivity contribution in [2.45, 2.75) is 20.0 Å². The van der Waals surface area contributed by atoms with Crippen LogP contribution in [0.1, 0.15) is 16.8 Å². The molecule has 1 aromatic carbocycles. The third-order valence-corrected chi connectivity index (χ3v) is 5.60. The van der Waals surface area contributed by atoms with Crippen LogP contribution in [0.5, 0.6) is 0 Å². The lowest BCUT2D eigenvalue weighted by molar-refractivity contribution is 0.176. The van der Waals surface area contributed by atoms with Crippen LogP contribution in [0.25, 0.3) is 0 Å². The van der Waals surface area contributed by atoms with E-state index in [1.807, 2.05) is 47.0 Å². The molecule has 0 radical (unpaired) electrons. The summed E-state index contributed by atoms with van der Waals surface area (Å²) in [7, 11) is 1.97. The Hall–Kier alpha value is -2.71. The van der Waals surface area contributed by atoms with Crippen LogP contribution in [0.4, 0.5) is 5.69 Å². The molecule has 1 fully saturated rings. The van der Waals surface area contributed by atoms with Crippen LogP contribution in [0.15, 0.2) is 48.9 Å². The van der Waals surface area contributed by atoms with Crippen LogP contribution in [-0.2, 0) is 20.1 Å². The number of nitrogens with one attached hydrogen (secondary N) is 1. The van der Waals surface area contributed by atoms with Gasteiger partial charge in [0.2, 0.25) is 0 Å². The molecule has 1 aliphatic rings. The van der Waals surface area contributed by atoms with Gasteiger partial charge >= 0.3 is 0 Å². The number of aromatic nitrogens is 4. The first kappa shape index (κ1) is 19.6. The smallest absolute Gasteiger partial charge is 0.173 e. The van der Waals surface area contributed by atoms with Crippen molar-refractivity contribution >= 4 is 23.0 Å². The van der Waals surface area contributed by atoms with E-state index >= 15 is 0 Å². The molecule has 0 bridgehead atoms. The number of nitrogens with zero attached hydrogens (tertiary/aromatic N) is 6. The van der Waals surface area contributed by atoms with Crippen molar-refractivity contribution in [3.63, 3.8) is 0 Å². The Kier molecular flexibility index (Phi) is 5.92. The van der Waals surface area contributed by atoms with E-state index in [4.69, 9.17) is 12.2 Å². The molecule has 1 N–H and O–H groups in total. The van der Waals surface area contributed by atoms with E-state index in [9.17, 15) is 0 Å². The third kappa shape index (κ3) is 5.02. The second-order valence-corrected chi connectivity index (χ2v) is 7.91.